The van der Waals surface area contributed by atoms with Crippen molar-refractivity contribution in [3.8, 4) is 0 Å². The molecule has 0 fully saturated rings. The molecule has 0 atom stereocenters. The lowest BCUT2D eigenvalue weighted by Crippen LogP contribution is -2.38. The van der Waals surface area contributed by atoms with E-state index in [9.17, 15) is 18.0 Å². The van der Waals surface area contributed by atoms with Crippen LogP contribution in [0.15, 0.2) is 77.7 Å². The highest BCUT2D eigenvalue weighted by atomic mass is 35.5. The zero-order valence-electron chi connectivity index (χ0n) is 18.1. The van der Waals surface area contributed by atoms with E-state index in [1.807, 2.05) is 0 Å². The van der Waals surface area contributed by atoms with Crippen molar-refractivity contribution in [2.24, 2.45) is 0 Å². The Morgan fingerprint density at radius 2 is 1.64 bits per heavy atom. The number of ether oxygens (including phenoxy) is 1. The average Bonchev–Trinajstić information content (AvgIpc) is 2.80. The minimum atomic E-state index is -4.05. The van der Waals surface area contributed by atoms with Gasteiger partial charge in [-0.15, -0.1) is 0 Å². The van der Waals surface area contributed by atoms with E-state index in [1.54, 1.807) is 62.4 Å². The van der Waals surface area contributed by atoms with Crippen molar-refractivity contribution < 1.29 is 22.7 Å². The molecule has 0 aliphatic heterocycles. The molecule has 1 amide bonds. The zero-order valence-corrected chi connectivity index (χ0v) is 19.7. The molecule has 1 N–H and O–H groups in total. The van der Waals surface area contributed by atoms with Crippen LogP contribution in [-0.4, -0.2) is 33.4 Å². The van der Waals surface area contributed by atoms with Crippen LogP contribution in [0.2, 0.25) is 5.02 Å². The second kappa shape index (κ2) is 10.5. The molecule has 7 nitrogen and oxygen atoms in total. The van der Waals surface area contributed by atoms with Gasteiger partial charge < -0.3 is 10.1 Å². The molecular weight excluding hydrogens is 464 g/mol. The fraction of sp³-hybridized carbons (Fsp3) is 0.167. The Balaban J connectivity index is 1.88. The number of carbonyl (C=O) groups excluding carboxylic acids is 2. The summed E-state index contributed by atoms with van der Waals surface area (Å²) in [5.74, 6) is -1.02. The predicted molar refractivity (Wildman–Crippen MR) is 128 cm³/mol. The lowest BCUT2D eigenvalue weighted by Gasteiger charge is -2.26. The molecule has 0 bridgehead atoms. The molecule has 0 aromatic heterocycles. The topological polar surface area (TPSA) is 92.8 Å². The number of nitrogens with one attached hydrogen (secondary N) is 1. The van der Waals surface area contributed by atoms with E-state index < -0.39 is 28.4 Å². The van der Waals surface area contributed by atoms with Gasteiger partial charge in [-0.25, -0.2) is 13.2 Å². The number of esters is 1. The largest absolute Gasteiger partial charge is 0.462 e. The number of nitrogens with zero attached hydrogens (tertiary/aromatic N) is 1. The molecule has 0 spiro atoms. The number of hydrogen-bond acceptors (Lipinski definition) is 5. The summed E-state index contributed by atoms with van der Waals surface area (Å²) in [5.41, 5.74) is 1.59. The minimum absolute atomic E-state index is 0.0518. The van der Waals surface area contributed by atoms with E-state index in [1.165, 1.54) is 24.3 Å². The number of carbonyl (C=O) groups is 2. The van der Waals surface area contributed by atoms with E-state index in [-0.39, 0.29) is 11.5 Å². The standard InChI is InChI=1S/C24H23ClN2O5S/c1-3-32-24(29)18-12-14-19(15-13-18)26-23(28)16-27(22-11-7-10-21(25)17(22)2)33(30,31)20-8-5-4-6-9-20/h4-15H,3,16H2,1-2H3,(H,26,28). The van der Waals surface area contributed by atoms with Gasteiger partial charge in [0, 0.05) is 10.7 Å². The Morgan fingerprint density at radius 3 is 2.27 bits per heavy atom. The molecule has 0 radical (unpaired) electrons. The summed E-state index contributed by atoms with van der Waals surface area (Å²) in [6.07, 6.45) is 0. The second-order valence-corrected chi connectivity index (χ2v) is 9.32. The normalized spacial score (nSPS) is 11.0. The van der Waals surface area contributed by atoms with Gasteiger partial charge in [-0.2, -0.15) is 0 Å². The first-order valence-corrected chi connectivity index (χ1v) is 12.0. The molecule has 0 unspecified atom stereocenters. The van der Waals surface area contributed by atoms with Crippen LogP contribution in [0.4, 0.5) is 11.4 Å². The van der Waals surface area contributed by atoms with E-state index in [4.69, 9.17) is 16.3 Å². The van der Waals surface area contributed by atoms with Crippen molar-refractivity contribution in [2.75, 3.05) is 22.8 Å². The van der Waals surface area contributed by atoms with Crippen molar-refractivity contribution in [1.82, 2.24) is 0 Å². The third-order valence-electron chi connectivity index (χ3n) is 4.81. The van der Waals surface area contributed by atoms with Gasteiger partial charge in [0.15, 0.2) is 0 Å². The number of amides is 1. The maximum atomic E-state index is 13.4. The van der Waals surface area contributed by atoms with Crippen LogP contribution in [0.5, 0.6) is 0 Å². The summed E-state index contributed by atoms with van der Waals surface area (Å²) in [7, 11) is -4.05. The molecule has 0 heterocycles. The molecule has 0 saturated carbocycles. The molecule has 33 heavy (non-hydrogen) atoms. The molecule has 0 saturated heterocycles. The van der Waals surface area contributed by atoms with Gasteiger partial charge >= 0.3 is 5.97 Å². The SMILES string of the molecule is CCOC(=O)c1ccc(NC(=O)CN(c2cccc(Cl)c2C)S(=O)(=O)c2ccccc2)cc1. The lowest BCUT2D eigenvalue weighted by molar-refractivity contribution is -0.114. The summed E-state index contributed by atoms with van der Waals surface area (Å²) in [6, 6.07) is 18.9. The fourth-order valence-corrected chi connectivity index (χ4v) is 4.79. The van der Waals surface area contributed by atoms with Gasteiger partial charge in [0.1, 0.15) is 6.54 Å². The molecule has 3 aromatic rings. The highest BCUT2D eigenvalue weighted by molar-refractivity contribution is 7.92. The van der Waals surface area contributed by atoms with Gasteiger partial charge in [-0.3, -0.25) is 9.10 Å². The maximum Gasteiger partial charge on any atom is 0.338 e. The third kappa shape index (κ3) is 5.71. The van der Waals surface area contributed by atoms with Crippen LogP contribution in [0, 0.1) is 6.92 Å². The molecule has 0 aliphatic carbocycles. The number of hydrogen-bond donors (Lipinski definition) is 1. The lowest BCUT2D eigenvalue weighted by atomic mass is 10.2. The quantitative estimate of drug-likeness (QED) is 0.467. The smallest absolute Gasteiger partial charge is 0.338 e. The molecule has 0 aliphatic rings. The summed E-state index contributed by atoms with van der Waals surface area (Å²) >= 11 is 6.22. The van der Waals surface area contributed by atoms with Crippen LogP contribution in [0.25, 0.3) is 0 Å². The molecule has 3 aromatic carbocycles. The molecular formula is C24H23ClN2O5S. The first-order valence-electron chi connectivity index (χ1n) is 10.1. The summed E-state index contributed by atoms with van der Waals surface area (Å²) < 4.78 is 32.8. The minimum Gasteiger partial charge on any atom is -0.462 e. The number of anilines is 2. The highest BCUT2D eigenvalue weighted by Gasteiger charge is 2.28. The molecule has 3 rings (SSSR count). The van der Waals surface area contributed by atoms with E-state index in [2.05, 4.69) is 5.32 Å². The molecule has 9 heteroatoms. The second-order valence-electron chi connectivity index (χ2n) is 7.05. The first kappa shape index (κ1) is 24.3. The van der Waals surface area contributed by atoms with Crippen molar-refractivity contribution in [3.05, 3.63) is 88.9 Å². The Bertz CT molecular complexity index is 1250. The van der Waals surface area contributed by atoms with Crippen LogP contribution in [0.3, 0.4) is 0 Å². The number of sulfonamides is 1. The van der Waals surface area contributed by atoms with E-state index in [0.717, 1.165) is 4.31 Å². The third-order valence-corrected chi connectivity index (χ3v) is 6.99. The van der Waals surface area contributed by atoms with Crippen molar-refractivity contribution >= 4 is 44.9 Å². The first-order chi connectivity index (χ1) is 15.7. The van der Waals surface area contributed by atoms with Crippen LogP contribution in [0.1, 0.15) is 22.8 Å². The van der Waals surface area contributed by atoms with Gasteiger partial charge in [0.2, 0.25) is 5.91 Å². The predicted octanol–water partition coefficient (Wildman–Crippen LogP) is 4.66. The zero-order chi connectivity index (χ0) is 24.0. The van der Waals surface area contributed by atoms with E-state index >= 15 is 0 Å². The van der Waals surface area contributed by atoms with Gasteiger partial charge in [0.25, 0.3) is 10.0 Å². The Kier molecular flexibility index (Phi) is 7.73. The average molecular weight is 487 g/mol. The Labute approximate surface area is 198 Å². The Hall–Kier alpha value is -3.36. The van der Waals surface area contributed by atoms with Gasteiger partial charge in [-0.1, -0.05) is 35.9 Å². The van der Waals surface area contributed by atoms with Gasteiger partial charge in [-0.05, 0) is 67.9 Å². The number of rotatable bonds is 8. The van der Waals surface area contributed by atoms with Gasteiger partial charge in [0.05, 0.1) is 22.8 Å². The fourth-order valence-electron chi connectivity index (χ4n) is 3.12. The summed E-state index contributed by atoms with van der Waals surface area (Å²) in [4.78, 5) is 24.7. The Morgan fingerprint density at radius 1 is 0.970 bits per heavy atom. The monoisotopic (exact) mass is 486 g/mol. The summed E-state index contributed by atoms with van der Waals surface area (Å²) in [6.45, 7) is 3.19. The van der Waals surface area contributed by atoms with Crippen LogP contribution < -0.4 is 9.62 Å². The maximum absolute atomic E-state index is 13.4. The van der Waals surface area contributed by atoms with Crippen molar-refractivity contribution in [3.63, 3.8) is 0 Å². The van der Waals surface area contributed by atoms with E-state index in [0.29, 0.717) is 27.5 Å². The number of benzene rings is 3. The van der Waals surface area contributed by atoms with Crippen LogP contribution >= 0.6 is 11.6 Å². The highest BCUT2D eigenvalue weighted by Crippen LogP contribution is 2.30. The molecule has 172 valence electrons. The van der Waals surface area contributed by atoms with Crippen molar-refractivity contribution in [1.29, 1.82) is 0 Å². The van der Waals surface area contributed by atoms with Crippen molar-refractivity contribution in [2.45, 2.75) is 18.7 Å². The number of halogens is 1. The summed E-state index contributed by atoms with van der Waals surface area (Å²) in [5, 5.41) is 3.05. The van der Waals surface area contributed by atoms with Crippen LogP contribution in [-0.2, 0) is 19.6 Å².